The summed E-state index contributed by atoms with van der Waals surface area (Å²) in [7, 11) is 0. The second-order valence-electron chi connectivity index (χ2n) is 13.9. The van der Waals surface area contributed by atoms with Crippen molar-refractivity contribution in [1.29, 1.82) is 0 Å². The molecule has 0 aliphatic heterocycles. The summed E-state index contributed by atoms with van der Waals surface area (Å²) in [6.07, 6.45) is 0. The second-order valence-corrected chi connectivity index (χ2v) is 13.9. The zero-order chi connectivity index (χ0) is 34.2. The minimum absolute atomic E-state index is 0.478. The van der Waals surface area contributed by atoms with E-state index in [0.717, 1.165) is 22.7 Å². The molecule has 8 aromatic carbocycles. The molecule has 2 nitrogen and oxygen atoms in total. The predicted octanol–water partition coefficient (Wildman–Crippen LogP) is 14.2. The Kier molecular flexibility index (Phi) is 8.30. The number of rotatable bonds is 8. The average molecular weight is 647 g/mol. The van der Waals surface area contributed by atoms with Crippen molar-refractivity contribution >= 4 is 55.1 Å². The molecule has 0 saturated carbocycles. The lowest BCUT2D eigenvalue weighted by Crippen LogP contribution is -1.98. The Balaban J connectivity index is 1.44. The molecule has 244 valence electrons. The van der Waals surface area contributed by atoms with Crippen molar-refractivity contribution in [1.82, 2.24) is 0 Å². The second kappa shape index (κ2) is 13.2. The first-order valence-corrected chi connectivity index (χ1v) is 17.7. The molecule has 50 heavy (non-hydrogen) atoms. The number of anilines is 4. The molecule has 0 aliphatic rings. The highest BCUT2D eigenvalue weighted by atomic mass is 14.9. The van der Waals surface area contributed by atoms with Gasteiger partial charge in [-0.25, -0.2) is 0 Å². The van der Waals surface area contributed by atoms with Crippen molar-refractivity contribution in [3.63, 3.8) is 0 Å². The fraction of sp³-hybridized carbons (Fsp3) is 0.125. The number of benzene rings is 8. The normalized spacial score (nSPS) is 11.6. The molecule has 0 aromatic heterocycles. The summed E-state index contributed by atoms with van der Waals surface area (Å²) in [5.74, 6) is 0.971. The summed E-state index contributed by atoms with van der Waals surface area (Å²) in [6, 6.07) is 57.5. The van der Waals surface area contributed by atoms with Gasteiger partial charge in [-0.3, -0.25) is 0 Å². The number of fused-ring (bicyclic) bond motifs is 5. The summed E-state index contributed by atoms with van der Waals surface area (Å²) < 4.78 is 0. The minimum Gasteiger partial charge on any atom is -0.355 e. The molecule has 0 unspecified atom stereocenters. The smallest absolute Gasteiger partial charge is 0.0477 e. The van der Waals surface area contributed by atoms with E-state index < -0.39 is 0 Å². The number of hydrogen-bond acceptors (Lipinski definition) is 2. The molecule has 0 saturated heterocycles. The van der Waals surface area contributed by atoms with Crippen LogP contribution in [0, 0.1) is 0 Å². The summed E-state index contributed by atoms with van der Waals surface area (Å²) in [6.45, 7) is 8.96. The molecule has 0 heterocycles. The maximum absolute atomic E-state index is 3.91. The summed E-state index contributed by atoms with van der Waals surface area (Å²) in [5.41, 5.74) is 11.9. The Morgan fingerprint density at radius 1 is 0.380 bits per heavy atom. The van der Waals surface area contributed by atoms with Crippen LogP contribution in [0.2, 0.25) is 0 Å². The zero-order valence-electron chi connectivity index (χ0n) is 29.2. The van der Waals surface area contributed by atoms with E-state index in [1.165, 1.54) is 65.7 Å². The third kappa shape index (κ3) is 5.88. The molecule has 2 heteroatoms. The molecule has 2 N–H and O–H groups in total. The van der Waals surface area contributed by atoms with Crippen LogP contribution in [0.3, 0.4) is 0 Å². The van der Waals surface area contributed by atoms with Crippen molar-refractivity contribution in [3.8, 4) is 22.3 Å². The van der Waals surface area contributed by atoms with Crippen molar-refractivity contribution in [3.05, 3.63) is 169 Å². The van der Waals surface area contributed by atoms with Crippen molar-refractivity contribution in [2.75, 3.05) is 10.6 Å². The summed E-state index contributed by atoms with van der Waals surface area (Å²) in [5, 5.41) is 15.0. The molecule has 0 amide bonds. The van der Waals surface area contributed by atoms with E-state index in [1.54, 1.807) is 0 Å². The van der Waals surface area contributed by atoms with Gasteiger partial charge in [-0.2, -0.15) is 0 Å². The molecule has 8 rings (SSSR count). The van der Waals surface area contributed by atoms with Crippen molar-refractivity contribution < 1.29 is 0 Å². The summed E-state index contributed by atoms with van der Waals surface area (Å²) >= 11 is 0. The molecule has 8 aromatic rings. The van der Waals surface area contributed by atoms with E-state index in [-0.39, 0.29) is 0 Å². The van der Waals surface area contributed by atoms with Gasteiger partial charge in [-0.1, -0.05) is 149 Å². The fourth-order valence-corrected chi connectivity index (χ4v) is 7.28. The Morgan fingerprint density at radius 3 is 1.44 bits per heavy atom. The standard InChI is InChI=1S/C48H42N2/c1-31(2)33-19-23-37(24-20-33)49-45-29-44-42-28-27-39(35-13-7-5-8-14-35)47(36-15-9-6-10-16-36)48(42)46(30-43(44)40-17-11-12-18-41(40)45)50-38-25-21-34(22-26-38)32(3)4/h5-32,49-50H,1-4H3. The van der Waals surface area contributed by atoms with E-state index in [9.17, 15) is 0 Å². The Morgan fingerprint density at radius 2 is 0.860 bits per heavy atom. The average Bonchev–Trinajstić information content (AvgIpc) is 3.16. The van der Waals surface area contributed by atoms with Gasteiger partial charge in [-0.05, 0) is 103 Å². The fourth-order valence-electron chi connectivity index (χ4n) is 7.28. The first kappa shape index (κ1) is 31.4. The highest BCUT2D eigenvalue weighted by Crippen LogP contribution is 2.47. The largest absolute Gasteiger partial charge is 0.355 e. The molecule has 0 spiro atoms. The van der Waals surface area contributed by atoms with Crippen LogP contribution in [0.1, 0.15) is 50.7 Å². The van der Waals surface area contributed by atoms with Crippen LogP contribution in [-0.2, 0) is 0 Å². The highest BCUT2D eigenvalue weighted by Gasteiger charge is 2.20. The maximum Gasteiger partial charge on any atom is 0.0477 e. The van der Waals surface area contributed by atoms with Crippen LogP contribution >= 0.6 is 0 Å². The molecule has 0 atom stereocenters. The Labute approximate surface area is 295 Å². The molecule has 0 aliphatic carbocycles. The molecule has 0 radical (unpaired) electrons. The topological polar surface area (TPSA) is 24.1 Å². The number of nitrogens with one attached hydrogen (secondary N) is 2. The van der Waals surface area contributed by atoms with E-state index in [4.69, 9.17) is 0 Å². The SMILES string of the molecule is CC(C)c1ccc(Nc2cc3c4ccc(-c5ccccc5)c(-c5ccccc5)c4c(Nc4ccc(C(C)C)cc4)cc3c3ccccc23)cc1. The van der Waals surface area contributed by atoms with Crippen molar-refractivity contribution in [2.45, 2.75) is 39.5 Å². The van der Waals surface area contributed by atoms with Gasteiger partial charge in [0.2, 0.25) is 0 Å². The molecular weight excluding hydrogens is 605 g/mol. The van der Waals surface area contributed by atoms with Gasteiger partial charge < -0.3 is 10.6 Å². The third-order valence-electron chi connectivity index (χ3n) is 10.00. The highest BCUT2D eigenvalue weighted by molar-refractivity contribution is 6.27. The van der Waals surface area contributed by atoms with Gasteiger partial charge in [0.25, 0.3) is 0 Å². The first-order chi connectivity index (χ1) is 24.4. The van der Waals surface area contributed by atoms with Crippen LogP contribution in [0.25, 0.3) is 54.6 Å². The minimum atomic E-state index is 0.478. The molecule has 0 bridgehead atoms. The van der Waals surface area contributed by atoms with Crippen LogP contribution in [-0.4, -0.2) is 0 Å². The molecule has 0 fully saturated rings. The monoisotopic (exact) mass is 646 g/mol. The third-order valence-corrected chi connectivity index (χ3v) is 10.00. The Bertz CT molecular complexity index is 2440. The predicted molar refractivity (Wildman–Crippen MR) is 217 cm³/mol. The zero-order valence-corrected chi connectivity index (χ0v) is 29.2. The van der Waals surface area contributed by atoms with Crippen LogP contribution in [0.5, 0.6) is 0 Å². The van der Waals surface area contributed by atoms with Crippen LogP contribution in [0.15, 0.2) is 158 Å². The van der Waals surface area contributed by atoms with Gasteiger partial charge >= 0.3 is 0 Å². The van der Waals surface area contributed by atoms with Gasteiger partial charge in [0.15, 0.2) is 0 Å². The first-order valence-electron chi connectivity index (χ1n) is 17.7. The number of hydrogen-bond donors (Lipinski definition) is 2. The van der Waals surface area contributed by atoms with Crippen molar-refractivity contribution in [2.24, 2.45) is 0 Å². The van der Waals surface area contributed by atoms with Gasteiger partial charge in [0.1, 0.15) is 0 Å². The molecular formula is C48H42N2. The Hall–Kier alpha value is -5.86. The summed E-state index contributed by atoms with van der Waals surface area (Å²) in [4.78, 5) is 0. The lowest BCUT2D eigenvalue weighted by molar-refractivity contribution is 0.867. The van der Waals surface area contributed by atoms with Crippen LogP contribution in [0.4, 0.5) is 22.7 Å². The van der Waals surface area contributed by atoms with E-state index in [2.05, 4.69) is 196 Å². The van der Waals surface area contributed by atoms with E-state index in [1.807, 2.05) is 0 Å². The van der Waals surface area contributed by atoms with E-state index >= 15 is 0 Å². The van der Waals surface area contributed by atoms with Crippen LogP contribution < -0.4 is 10.6 Å². The lowest BCUT2D eigenvalue weighted by atomic mass is 9.86. The van der Waals surface area contributed by atoms with Gasteiger partial charge in [0.05, 0.1) is 0 Å². The van der Waals surface area contributed by atoms with E-state index in [0.29, 0.717) is 11.8 Å². The van der Waals surface area contributed by atoms with Gasteiger partial charge in [0, 0.05) is 33.5 Å². The quantitative estimate of drug-likeness (QED) is 0.161. The van der Waals surface area contributed by atoms with Gasteiger partial charge in [-0.15, -0.1) is 0 Å². The maximum atomic E-state index is 3.91. The lowest BCUT2D eigenvalue weighted by Gasteiger charge is -2.22.